The first kappa shape index (κ1) is 21.6. The Labute approximate surface area is 193 Å². The fraction of sp³-hybridized carbons (Fsp3) is 0.0435. The first-order chi connectivity index (χ1) is 15.6. The standard InChI is InChI=1S/C23H18ClN5O2S/c24-18-10-12-19(13-11-18)29-22(16-6-2-1-3-7-16)27-28-23(29)32-15-21(31)26-25-14-17-8-4-5-9-20(17)30/h1-14,30H,15H2,(H,26,31). The highest BCUT2D eigenvalue weighted by atomic mass is 35.5. The van der Waals surface area contributed by atoms with Crippen LogP contribution < -0.4 is 5.43 Å². The quantitative estimate of drug-likeness (QED) is 0.238. The first-order valence-corrected chi connectivity index (χ1v) is 11.0. The van der Waals surface area contributed by atoms with Crippen LogP contribution in [0.1, 0.15) is 5.56 Å². The van der Waals surface area contributed by atoms with Gasteiger partial charge in [0, 0.05) is 21.8 Å². The van der Waals surface area contributed by atoms with E-state index in [1.807, 2.05) is 47.0 Å². The van der Waals surface area contributed by atoms with E-state index in [0.29, 0.717) is 21.6 Å². The Morgan fingerprint density at radius 2 is 1.75 bits per heavy atom. The maximum absolute atomic E-state index is 12.3. The van der Waals surface area contributed by atoms with E-state index in [1.165, 1.54) is 18.0 Å². The molecule has 0 aliphatic heterocycles. The molecular formula is C23H18ClN5O2S. The van der Waals surface area contributed by atoms with Crippen LogP contribution in [0, 0.1) is 0 Å². The number of thioether (sulfide) groups is 1. The van der Waals surface area contributed by atoms with Crippen LogP contribution >= 0.6 is 23.4 Å². The molecule has 0 aliphatic rings. The predicted molar refractivity (Wildman–Crippen MR) is 126 cm³/mol. The number of amides is 1. The molecule has 32 heavy (non-hydrogen) atoms. The lowest BCUT2D eigenvalue weighted by atomic mass is 10.2. The van der Waals surface area contributed by atoms with Crippen LogP contribution in [0.4, 0.5) is 0 Å². The zero-order chi connectivity index (χ0) is 22.3. The summed E-state index contributed by atoms with van der Waals surface area (Å²) in [6, 6.07) is 23.7. The number of rotatable bonds is 7. The highest BCUT2D eigenvalue weighted by Gasteiger charge is 2.17. The molecule has 1 amide bonds. The van der Waals surface area contributed by atoms with Gasteiger partial charge < -0.3 is 5.11 Å². The summed E-state index contributed by atoms with van der Waals surface area (Å²) in [5.74, 6) is 0.518. The summed E-state index contributed by atoms with van der Waals surface area (Å²) in [4.78, 5) is 12.3. The van der Waals surface area contributed by atoms with Gasteiger partial charge in [-0.1, -0.05) is 65.8 Å². The second-order valence-electron chi connectivity index (χ2n) is 6.62. The minimum absolute atomic E-state index is 0.0820. The van der Waals surface area contributed by atoms with E-state index >= 15 is 0 Å². The number of benzene rings is 3. The number of carbonyl (C=O) groups excluding carboxylic acids is 1. The highest BCUT2D eigenvalue weighted by molar-refractivity contribution is 7.99. The predicted octanol–water partition coefficient (Wildman–Crippen LogP) is 4.54. The van der Waals surface area contributed by atoms with Gasteiger partial charge in [-0.05, 0) is 36.4 Å². The van der Waals surface area contributed by atoms with Crippen molar-refractivity contribution < 1.29 is 9.90 Å². The minimum atomic E-state index is -0.311. The average molecular weight is 464 g/mol. The van der Waals surface area contributed by atoms with Gasteiger partial charge in [-0.25, -0.2) is 5.43 Å². The number of para-hydroxylation sites is 1. The molecule has 0 saturated heterocycles. The molecular weight excluding hydrogens is 446 g/mol. The van der Waals surface area contributed by atoms with Crippen LogP contribution in [0.25, 0.3) is 17.1 Å². The number of aromatic hydroxyl groups is 1. The molecule has 1 heterocycles. The van der Waals surface area contributed by atoms with Crippen LogP contribution in [0.15, 0.2) is 89.1 Å². The van der Waals surface area contributed by atoms with Crippen molar-refractivity contribution in [3.8, 4) is 22.8 Å². The molecule has 7 nitrogen and oxygen atoms in total. The maximum atomic E-state index is 12.3. The van der Waals surface area contributed by atoms with E-state index in [4.69, 9.17) is 11.6 Å². The zero-order valence-electron chi connectivity index (χ0n) is 16.7. The third-order valence-corrected chi connectivity index (χ3v) is 5.59. The molecule has 160 valence electrons. The molecule has 0 atom stereocenters. The molecule has 1 aromatic heterocycles. The minimum Gasteiger partial charge on any atom is -0.507 e. The van der Waals surface area contributed by atoms with E-state index in [9.17, 15) is 9.90 Å². The zero-order valence-corrected chi connectivity index (χ0v) is 18.3. The smallest absolute Gasteiger partial charge is 0.250 e. The molecule has 2 N–H and O–H groups in total. The number of hydrazone groups is 1. The number of hydrogen-bond acceptors (Lipinski definition) is 6. The van der Waals surface area contributed by atoms with Gasteiger partial charge in [0.1, 0.15) is 5.75 Å². The molecule has 4 aromatic rings. The Morgan fingerprint density at radius 3 is 2.50 bits per heavy atom. The summed E-state index contributed by atoms with van der Waals surface area (Å²) in [7, 11) is 0. The third kappa shape index (κ3) is 5.16. The fourth-order valence-electron chi connectivity index (χ4n) is 2.89. The van der Waals surface area contributed by atoms with Crippen molar-refractivity contribution in [1.29, 1.82) is 0 Å². The van der Waals surface area contributed by atoms with E-state index in [2.05, 4.69) is 20.7 Å². The number of phenols is 1. The summed E-state index contributed by atoms with van der Waals surface area (Å²) in [5, 5.41) is 23.5. The van der Waals surface area contributed by atoms with Crippen LogP contribution in [-0.2, 0) is 4.79 Å². The topological polar surface area (TPSA) is 92.4 Å². The number of nitrogens with one attached hydrogen (secondary N) is 1. The Kier molecular flexibility index (Phi) is 6.84. The van der Waals surface area contributed by atoms with Gasteiger partial charge in [-0.3, -0.25) is 9.36 Å². The highest BCUT2D eigenvalue weighted by Crippen LogP contribution is 2.28. The summed E-state index contributed by atoms with van der Waals surface area (Å²) in [5.41, 5.74) is 4.70. The molecule has 0 radical (unpaired) electrons. The molecule has 9 heteroatoms. The second-order valence-corrected chi connectivity index (χ2v) is 8.00. The molecule has 0 spiro atoms. The fourth-order valence-corrected chi connectivity index (χ4v) is 3.76. The Hall–Kier alpha value is -3.62. The summed E-state index contributed by atoms with van der Waals surface area (Å²) >= 11 is 7.29. The summed E-state index contributed by atoms with van der Waals surface area (Å²) in [6.07, 6.45) is 1.39. The second kappa shape index (κ2) is 10.1. The molecule has 0 fully saturated rings. The lowest BCUT2D eigenvalue weighted by molar-refractivity contribution is -0.118. The molecule has 0 unspecified atom stereocenters. The van der Waals surface area contributed by atoms with Crippen LogP contribution in [0.3, 0.4) is 0 Å². The number of nitrogens with zero attached hydrogens (tertiary/aromatic N) is 4. The SMILES string of the molecule is O=C(CSc1nnc(-c2ccccc2)n1-c1ccc(Cl)cc1)NN=Cc1ccccc1O. The molecule has 4 rings (SSSR count). The maximum Gasteiger partial charge on any atom is 0.250 e. The van der Waals surface area contributed by atoms with Crippen molar-refractivity contribution in [1.82, 2.24) is 20.2 Å². The van der Waals surface area contributed by atoms with Gasteiger partial charge >= 0.3 is 0 Å². The summed E-state index contributed by atoms with van der Waals surface area (Å²) < 4.78 is 1.88. The Bertz CT molecular complexity index is 1240. The molecule has 0 bridgehead atoms. The number of carbonyl (C=O) groups is 1. The van der Waals surface area contributed by atoms with E-state index in [1.54, 1.807) is 36.4 Å². The Balaban J connectivity index is 1.51. The lowest BCUT2D eigenvalue weighted by Crippen LogP contribution is -2.20. The van der Waals surface area contributed by atoms with Gasteiger partial charge in [-0.2, -0.15) is 5.10 Å². The van der Waals surface area contributed by atoms with Crippen LogP contribution in [0.2, 0.25) is 5.02 Å². The Morgan fingerprint density at radius 1 is 1.03 bits per heavy atom. The van der Waals surface area contributed by atoms with Crippen molar-refractivity contribution in [2.24, 2.45) is 5.10 Å². The van der Waals surface area contributed by atoms with Crippen molar-refractivity contribution in [2.45, 2.75) is 5.16 Å². The number of hydrogen-bond donors (Lipinski definition) is 2. The van der Waals surface area contributed by atoms with Crippen molar-refractivity contribution >= 4 is 35.5 Å². The lowest BCUT2D eigenvalue weighted by Gasteiger charge is -2.10. The molecule has 3 aromatic carbocycles. The summed E-state index contributed by atoms with van der Waals surface area (Å²) in [6.45, 7) is 0. The normalized spacial score (nSPS) is 11.0. The van der Waals surface area contributed by atoms with Gasteiger partial charge in [0.2, 0.25) is 0 Å². The third-order valence-electron chi connectivity index (χ3n) is 4.41. The molecule has 0 saturated carbocycles. The monoisotopic (exact) mass is 463 g/mol. The van der Waals surface area contributed by atoms with Gasteiger partial charge in [0.25, 0.3) is 5.91 Å². The largest absolute Gasteiger partial charge is 0.507 e. The van der Waals surface area contributed by atoms with Gasteiger partial charge in [0.05, 0.1) is 12.0 Å². The van der Waals surface area contributed by atoms with Crippen molar-refractivity contribution in [3.05, 3.63) is 89.4 Å². The van der Waals surface area contributed by atoms with Crippen LogP contribution in [-0.4, -0.2) is 37.7 Å². The van der Waals surface area contributed by atoms with E-state index in [-0.39, 0.29) is 17.4 Å². The van der Waals surface area contributed by atoms with Gasteiger partial charge in [-0.15, -0.1) is 10.2 Å². The number of phenolic OH excluding ortho intramolecular Hbond substituents is 1. The first-order valence-electron chi connectivity index (χ1n) is 9.61. The van der Waals surface area contributed by atoms with Crippen molar-refractivity contribution in [3.63, 3.8) is 0 Å². The van der Waals surface area contributed by atoms with Crippen molar-refractivity contribution in [2.75, 3.05) is 5.75 Å². The number of halogens is 1. The molecule has 0 aliphatic carbocycles. The van der Waals surface area contributed by atoms with E-state index in [0.717, 1.165) is 11.3 Å². The number of aromatic nitrogens is 3. The van der Waals surface area contributed by atoms with E-state index < -0.39 is 0 Å². The van der Waals surface area contributed by atoms with Crippen LogP contribution in [0.5, 0.6) is 5.75 Å². The average Bonchev–Trinajstić information content (AvgIpc) is 3.24. The van der Waals surface area contributed by atoms with Gasteiger partial charge in [0.15, 0.2) is 11.0 Å².